The van der Waals surface area contributed by atoms with Gasteiger partial charge < -0.3 is 30.3 Å². The maximum absolute atomic E-state index is 13.5. The van der Waals surface area contributed by atoms with Crippen molar-refractivity contribution < 1.29 is 24.2 Å². The standard InChI is InChI=1S/C34H49N5O5.2ClH/c1-6-7-19-39-32(42)29(30(40)24(2)3)36-33(43)34(39)16-20-38(21-17-34)23-25-8-12-27(13-9-25)44-28-14-10-26(11-15-28)31(41)35-18-22-37(4)5;;/h8-15,24,29-30,40H,6-7,16-23H2,1-5H3,(H,35,41)(H,36,43);2*1H/t29-,30-;;/m1../s1. The van der Waals surface area contributed by atoms with Crippen LogP contribution in [0.15, 0.2) is 48.5 Å². The van der Waals surface area contributed by atoms with Crippen molar-refractivity contribution in [2.24, 2.45) is 5.92 Å². The van der Waals surface area contributed by atoms with Crippen molar-refractivity contribution >= 4 is 42.5 Å². The number of piperidine rings is 1. The van der Waals surface area contributed by atoms with E-state index in [4.69, 9.17) is 4.74 Å². The smallest absolute Gasteiger partial charge is 0.251 e. The lowest BCUT2D eigenvalue weighted by Gasteiger charge is -2.52. The van der Waals surface area contributed by atoms with Crippen LogP contribution < -0.4 is 15.4 Å². The summed E-state index contributed by atoms with van der Waals surface area (Å²) in [6, 6.07) is 14.1. The number of likely N-dealkylation sites (N-methyl/N-ethyl adjacent to an activating group) is 1. The predicted octanol–water partition coefficient (Wildman–Crippen LogP) is 4.09. The van der Waals surface area contributed by atoms with E-state index in [1.807, 2.05) is 57.1 Å². The molecule has 12 heteroatoms. The third-order valence-corrected chi connectivity index (χ3v) is 8.73. The highest BCUT2D eigenvalue weighted by atomic mass is 35.5. The largest absolute Gasteiger partial charge is 0.457 e. The van der Waals surface area contributed by atoms with Crippen molar-refractivity contribution in [2.45, 2.75) is 70.7 Å². The van der Waals surface area contributed by atoms with E-state index >= 15 is 0 Å². The van der Waals surface area contributed by atoms with Crippen LogP contribution in [0.1, 0.15) is 62.4 Å². The fourth-order valence-corrected chi connectivity index (χ4v) is 5.90. The maximum atomic E-state index is 13.5. The first-order valence-corrected chi connectivity index (χ1v) is 15.9. The summed E-state index contributed by atoms with van der Waals surface area (Å²) in [5.74, 6) is 0.807. The first kappa shape index (κ1) is 39.3. The van der Waals surface area contributed by atoms with Gasteiger partial charge >= 0.3 is 0 Å². The molecule has 0 aromatic heterocycles. The third kappa shape index (κ3) is 9.58. The molecule has 3 N–H and O–H groups in total. The number of likely N-dealkylation sites (tertiary alicyclic amines) is 1. The van der Waals surface area contributed by atoms with Gasteiger partial charge in [-0.25, -0.2) is 0 Å². The lowest BCUT2D eigenvalue weighted by atomic mass is 9.80. The van der Waals surface area contributed by atoms with Crippen molar-refractivity contribution in [1.82, 2.24) is 25.3 Å². The molecule has 2 aliphatic rings. The highest BCUT2D eigenvalue weighted by molar-refractivity contribution is 6.00. The molecule has 0 saturated carbocycles. The van der Waals surface area contributed by atoms with Gasteiger partial charge in [-0.3, -0.25) is 19.3 Å². The minimum atomic E-state index is -0.913. The molecular formula is C34H51Cl2N5O5. The molecule has 3 amide bonds. The maximum Gasteiger partial charge on any atom is 0.251 e. The molecule has 0 aliphatic carbocycles. The summed E-state index contributed by atoms with van der Waals surface area (Å²) in [5, 5.41) is 16.5. The van der Waals surface area contributed by atoms with Crippen molar-refractivity contribution in [2.75, 3.05) is 46.8 Å². The van der Waals surface area contributed by atoms with E-state index in [2.05, 4.69) is 22.5 Å². The molecule has 2 heterocycles. The van der Waals surface area contributed by atoms with Gasteiger partial charge in [-0.1, -0.05) is 39.3 Å². The second kappa shape index (κ2) is 17.9. The second-order valence-corrected chi connectivity index (χ2v) is 12.7. The Kier molecular flexibility index (Phi) is 15.3. The highest BCUT2D eigenvalue weighted by Crippen LogP contribution is 2.35. The van der Waals surface area contributed by atoms with E-state index in [0.717, 1.165) is 31.5 Å². The van der Waals surface area contributed by atoms with Crippen LogP contribution in [0.2, 0.25) is 0 Å². The van der Waals surface area contributed by atoms with Crippen molar-refractivity contribution in [3.8, 4) is 11.5 Å². The summed E-state index contributed by atoms with van der Waals surface area (Å²) in [7, 11) is 3.93. The van der Waals surface area contributed by atoms with Crippen LogP contribution in [0, 0.1) is 5.92 Å². The number of benzene rings is 2. The number of rotatable bonds is 13. The van der Waals surface area contributed by atoms with Gasteiger partial charge in [0.1, 0.15) is 23.1 Å². The van der Waals surface area contributed by atoms with Crippen LogP contribution in [0.4, 0.5) is 0 Å². The lowest BCUT2D eigenvalue weighted by Crippen LogP contribution is -2.74. The summed E-state index contributed by atoms with van der Waals surface area (Å²) >= 11 is 0. The number of unbranched alkanes of at least 4 members (excludes halogenated alkanes) is 1. The second-order valence-electron chi connectivity index (χ2n) is 12.7. The molecule has 2 atom stereocenters. The quantitative estimate of drug-likeness (QED) is 0.292. The van der Waals surface area contributed by atoms with Crippen LogP contribution in [-0.4, -0.2) is 102 Å². The average Bonchev–Trinajstić information content (AvgIpc) is 3.00. The average molecular weight is 681 g/mol. The molecule has 46 heavy (non-hydrogen) atoms. The van der Waals surface area contributed by atoms with Gasteiger partial charge in [0.2, 0.25) is 11.8 Å². The van der Waals surface area contributed by atoms with Crippen LogP contribution in [0.3, 0.4) is 0 Å². The van der Waals surface area contributed by atoms with E-state index in [1.165, 1.54) is 0 Å². The minimum absolute atomic E-state index is 0. The van der Waals surface area contributed by atoms with Crippen molar-refractivity contribution in [3.63, 3.8) is 0 Å². The van der Waals surface area contributed by atoms with Gasteiger partial charge in [0.05, 0.1) is 6.10 Å². The number of aliphatic hydroxyl groups is 1. The van der Waals surface area contributed by atoms with E-state index in [1.54, 1.807) is 29.2 Å². The van der Waals surface area contributed by atoms with Gasteiger partial charge in [-0.2, -0.15) is 0 Å². The number of aliphatic hydroxyl groups excluding tert-OH is 1. The fraction of sp³-hybridized carbons (Fsp3) is 0.559. The number of nitrogens with one attached hydrogen (secondary N) is 2. The number of carbonyl (C=O) groups excluding carboxylic acids is 3. The number of halogens is 2. The number of carbonyl (C=O) groups is 3. The third-order valence-electron chi connectivity index (χ3n) is 8.73. The summed E-state index contributed by atoms with van der Waals surface area (Å²) in [4.78, 5) is 45.5. The molecule has 2 saturated heterocycles. The zero-order valence-corrected chi connectivity index (χ0v) is 29.3. The zero-order valence-electron chi connectivity index (χ0n) is 27.7. The monoisotopic (exact) mass is 679 g/mol. The minimum Gasteiger partial charge on any atom is -0.457 e. The molecular weight excluding hydrogens is 629 g/mol. The molecule has 2 aromatic rings. The molecule has 0 bridgehead atoms. The van der Waals surface area contributed by atoms with E-state index < -0.39 is 17.7 Å². The number of hydrogen-bond acceptors (Lipinski definition) is 7. The van der Waals surface area contributed by atoms with E-state index in [9.17, 15) is 19.5 Å². The van der Waals surface area contributed by atoms with Crippen molar-refractivity contribution in [3.05, 3.63) is 59.7 Å². The van der Waals surface area contributed by atoms with Crippen molar-refractivity contribution in [1.29, 1.82) is 0 Å². The number of ether oxygens (including phenoxy) is 1. The Morgan fingerprint density at radius 2 is 1.63 bits per heavy atom. The van der Waals surface area contributed by atoms with E-state index in [-0.39, 0.29) is 48.5 Å². The zero-order chi connectivity index (χ0) is 31.9. The fourth-order valence-electron chi connectivity index (χ4n) is 5.90. The Hall–Kier alpha value is -2.89. The Labute approximate surface area is 286 Å². The molecule has 0 radical (unpaired) electrons. The molecule has 256 valence electrons. The number of amides is 3. The summed E-state index contributed by atoms with van der Waals surface area (Å²) in [5.41, 5.74) is 0.854. The van der Waals surface area contributed by atoms with Crippen LogP contribution in [0.5, 0.6) is 11.5 Å². The van der Waals surface area contributed by atoms with Gasteiger partial charge in [-0.05, 0) is 81.2 Å². The molecule has 10 nitrogen and oxygen atoms in total. The summed E-state index contributed by atoms with van der Waals surface area (Å²) < 4.78 is 6.00. The van der Waals surface area contributed by atoms with Gasteiger partial charge in [0.25, 0.3) is 5.91 Å². The molecule has 2 aliphatic heterocycles. The number of hydrogen-bond donors (Lipinski definition) is 3. The van der Waals surface area contributed by atoms with Gasteiger partial charge in [0, 0.05) is 44.8 Å². The molecule has 2 fully saturated rings. The Bertz CT molecular complexity index is 1270. The molecule has 1 spiro atoms. The van der Waals surface area contributed by atoms with Crippen LogP contribution >= 0.6 is 24.8 Å². The number of nitrogens with zero attached hydrogens (tertiary/aromatic N) is 3. The Morgan fingerprint density at radius 1 is 1.04 bits per heavy atom. The Balaban J connectivity index is 0.00000368. The highest BCUT2D eigenvalue weighted by Gasteiger charge is 2.54. The first-order valence-electron chi connectivity index (χ1n) is 15.9. The normalized spacial score (nSPS) is 18.5. The molecule has 4 rings (SSSR count). The SMILES string of the molecule is CCCCN1C(=O)[C@@H]([C@H](O)C(C)C)NC(=O)C12CCN(Cc1ccc(Oc3ccc(C(=O)NCCN(C)C)cc3)cc1)CC2.Cl.Cl. The lowest BCUT2D eigenvalue weighted by molar-refractivity contribution is -0.165. The molecule has 0 unspecified atom stereocenters. The topological polar surface area (TPSA) is 114 Å². The number of piperazine rings is 1. The first-order chi connectivity index (χ1) is 21.0. The summed E-state index contributed by atoms with van der Waals surface area (Å²) in [6.45, 7) is 9.79. The van der Waals surface area contributed by atoms with E-state index in [0.29, 0.717) is 56.1 Å². The van der Waals surface area contributed by atoms with Crippen LogP contribution in [-0.2, 0) is 16.1 Å². The summed E-state index contributed by atoms with van der Waals surface area (Å²) in [6.07, 6.45) is 1.95. The van der Waals surface area contributed by atoms with Crippen LogP contribution in [0.25, 0.3) is 0 Å². The van der Waals surface area contributed by atoms with Gasteiger partial charge in [-0.15, -0.1) is 24.8 Å². The van der Waals surface area contributed by atoms with Gasteiger partial charge in [0.15, 0.2) is 0 Å². The Morgan fingerprint density at radius 3 is 2.17 bits per heavy atom. The molecule has 2 aromatic carbocycles. The predicted molar refractivity (Wildman–Crippen MR) is 185 cm³/mol.